The summed E-state index contributed by atoms with van der Waals surface area (Å²) in [5, 5.41) is 5.32. The first-order chi connectivity index (χ1) is 27.8. The molecule has 0 saturated heterocycles. The van der Waals surface area contributed by atoms with E-state index in [2.05, 4.69) is 210 Å². The van der Waals surface area contributed by atoms with E-state index in [4.69, 9.17) is 9.47 Å². The standard InChI is InChI=1S/C32H26NOSi.C19H16NO/c1-5-15-27(16-6-1)33-24-26-14-13-23-31(32(26)34-25-33)35(28-17-7-2-8-18-28,29-19-9-3-10-20-29)30-21-11-4-12-22-30;1-2-10-17(11-3-1)20-13-16-9-6-12-18(19(16)21-14-20)15-7-4-5-8-15/h1-24H,25H2;1-13,15H,14H2/q2*+1. The van der Waals surface area contributed by atoms with Gasteiger partial charge < -0.3 is 9.47 Å². The molecule has 7 aromatic carbocycles. The molecule has 2 aliphatic heterocycles. The SMILES string of the molecule is C1=CC(c2cccc3c2OC[N+](c2ccccc2)=C3)C=C1.C1=[N+](c2ccccc2)COc2c1cccc2[Si](c1ccccc1)(c1ccccc1)c1ccccc1. The van der Waals surface area contributed by atoms with Gasteiger partial charge in [0.05, 0.1) is 11.1 Å². The monoisotopic (exact) mass is 742 g/mol. The lowest BCUT2D eigenvalue weighted by Crippen LogP contribution is -2.75. The summed E-state index contributed by atoms with van der Waals surface area (Å²) in [6, 6.07) is 66.6. The van der Waals surface area contributed by atoms with Gasteiger partial charge >= 0.3 is 0 Å². The third-order valence-electron chi connectivity index (χ3n) is 10.7. The van der Waals surface area contributed by atoms with Gasteiger partial charge in [-0.3, -0.25) is 0 Å². The molecule has 0 saturated carbocycles. The first-order valence-corrected chi connectivity index (χ1v) is 21.2. The van der Waals surface area contributed by atoms with Gasteiger partial charge in [0.1, 0.15) is 11.5 Å². The average molecular weight is 743 g/mol. The minimum absolute atomic E-state index is 0.330. The molecule has 0 aromatic heterocycles. The molecular weight excluding hydrogens is 701 g/mol. The second-order valence-electron chi connectivity index (χ2n) is 14.0. The van der Waals surface area contributed by atoms with Crippen LogP contribution in [-0.4, -0.2) is 43.1 Å². The molecule has 7 aromatic rings. The van der Waals surface area contributed by atoms with Gasteiger partial charge in [-0.15, -0.1) is 0 Å². The maximum Gasteiger partial charge on any atom is 0.292 e. The van der Waals surface area contributed by atoms with Gasteiger partial charge in [-0.1, -0.05) is 176 Å². The predicted octanol–water partition coefficient (Wildman–Crippen LogP) is 8.19. The van der Waals surface area contributed by atoms with Crippen LogP contribution >= 0.6 is 0 Å². The van der Waals surface area contributed by atoms with E-state index in [1.807, 2.05) is 24.3 Å². The minimum Gasteiger partial charge on any atom is -0.435 e. The molecule has 0 fully saturated rings. The van der Waals surface area contributed by atoms with E-state index < -0.39 is 8.07 Å². The topological polar surface area (TPSA) is 24.5 Å². The summed E-state index contributed by atoms with van der Waals surface area (Å²) < 4.78 is 17.0. The van der Waals surface area contributed by atoms with Crippen LogP contribution in [0.4, 0.5) is 11.4 Å². The van der Waals surface area contributed by atoms with Crippen LogP contribution in [0.1, 0.15) is 22.6 Å². The zero-order chi connectivity index (χ0) is 37.6. The highest BCUT2D eigenvalue weighted by Crippen LogP contribution is 2.35. The van der Waals surface area contributed by atoms with Gasteiger partial charge in [-0.05, 0) is 32.9 Å². The fraction of sp³-hybridized carbons (Fsp3) is 0.0588. The number of hydrogen-bond donors (Lipinski definition) is 0. The molecule has 5 heteroatoms. The molecule has 10 rings (SSSR count). The summed E-state index contributed by atoms with van der Waals surface area (Å²) >= 11 is 0. The molecule has 0 N–H and O–H groups in total. The van der Waals surface area contributed by atoms with E-state index in [9.17, 15) is 0 Å². The normalized spacial score (nSPS) is 14.2. The Labute approximate surface area is 329 Å². The molecule has 0 radical (unpaired) electrons. The fourth-order valence-corrected chi connectivity index (χ4v) is 13.0. The first-order valence-electron chi connectivity index (χ1n) is 19.2. The third-order valence-corrected chi connectivity index (χ3v) is 15.5. The van der Waals surface area contributed by atoms with Crippen molar-refractivity contribution in [1.82, 2.24) is 0 Å². The molecule has 2 heterocycles. The second kappa shape index (κ2) is 15.9. The van der Waals surface area contributed by atoms with Gasteiger partial charge in [0.2, 0.25) is 11.4 Å². The summed E-state index contributed by atoms with van der Waals surface area (Å²) in [4.78, 5) is 0. The van der Waals surface area contributed by atoms with Crippen molar-refractivity contribution in [3.05, 3.63) is 229 Å². The van der Waals surface area contributed by atoms with E-state index >= 15 is 0 Å². The lowest BCUT2D eigenvalue weighted by Gasteiger charge is -2.36. The van der Waals surface area contributed by atoms with E-state index in [0.717, 1.165) is 34.0 Å². The zero-order valence-corrected chi connectivity index (χ0v) is 32.1. The Morgan fingerprint density at radius 1 is 0.411 bits per heavy atom. The number of rotatable bonds is 7. The van der Waals surface area contributed by atoms with Gasteiger partial charge in [-0.25, -0.2) is 0 Å². The number of para-hydroxylation sites is 4. The van der Waals surface area contributed by atoms with Crippen LogP contribution in [0.5, 0.6) is 11.5 Å². The summed E-state index contributed by atoms with van der Waals surface area (Å²) in [6.45, 7) is 1.03. The molecular formula is C51H42N2O2Si+2. The van der Waals surface area contributed by atoms with Crippen LogP contribution in [0.25, 0.3) is 0 Å². The molecule has 0 atom stereocenters. The zero-order valence-electron chi connectivity index (χ0n) is 31.1. The van der Waals surface area contributed by atoms with Crippen molar-refractivity contribution in [2.75, 3.05) is 13.5 Å². The van der Waals surface area contributed by atoms with Crippen LogP contribution in [-0.2, 0) is 0 Å². The van der Waals surface area contributed by atoms with E-state index in [1.54, 1.807) is 0 Å². The van der Waals surface area contributed by atoms with Gasteiger partial charge in [0, 0.05) is 35.7 Å². The largest absolute Gasteiger partial charge is 0.435 e. The van der Waals surface area contributed by atoms with Crippen molar-refractivity contribution in [2.45, 2.75) is 5.92 Å². The molecule has 4 nitrogen and oxygen atoms in total. The van der Waals surface area contributed by atoms with E-state index in [0.29, 0.717) is 19.4 Å². The Hall–Kier alpha value is -6.82. The quantitative estimate of drug-likeness (QED) is 0.0936. The van der Waals surface area contributed by atoms with Crippen LogP contribution < -0.4 is 30.2 Å². The van der Waals surface area contributed by atoms with Gasteiger partial charge in [-0.2, -0.15) is 9.15 Å². The van der Waals surface area contributed by atoms with Gasteiger partial charge in [0.15, 0.2) is 20.5 Å². The van der Waals surface area contributed by atoms with Crippen molar-refractivity contribution in [1.29, 1.82) is 0 Å². The van der Waals surface area contributed by atoms with Crippen molar-refractivity contribution in [3.8, 4) is 11.5 Å². The molecule has 1 aliphatic carbocycles. The van der Waals surface area contributed by atoms with Crippen molar-refractivity contribution >= 4 is 52.6 Å². The molecule has 0 bridgehead atoms. The molecule has 0 spiro atoms. The highest BCUT2D eigenvalue weighted by molar-refractivity contribution is 7.20. The minimum atomic E-state index is -2.64. The second-order valence-corrected chi connectivity index (χ2v) is 17.8. The Balaban J connectivity index is 0.000000166. The fourth-order valence-electron chi connectivity index (χ4n) is 8.10. The number of hydrogen-bond acceptors (Lipinski definition) is 2. The number of benzene rings is 7. The van der Waals surface area contributed by atoms with E-state index in [-0.39, 0.29) is 0 Å². The summed E-state index contributed by atoms with van der Waals surface area (Å²) in [5.41, 5.74) is 5.76. The molecule has 0 amide bonds. The van der Waals surface area contributed by atoms with Crippen LogP contribution in [0.15, 0.2) is 212 Å². The predicted molar refractivity (Wildman–Crippen MR) is 232 cm³/mol. The number of ether oxygens (including phenoxy) is 2. The van der Waals surface area contributed by atoms with E-state index in [1.165, 1.54) is 26.3 Å². The summed E-state index contributed by atoms with van der Waals surface area (Å²) in [5.74, 6) is 2.32. The van der Waals surface area contributed by atoms with Gasteiger partial charge in [0.25, 0.3) is 13.5 Å². The number of allylic oxidation sites excluding steroid dienone is 4. The maximum absolute atomic E-state index is 6.62. The number of fused-ring (bicyclic) bond motifs is 2. The van der Waals surface area contributed by atoms with Crippen LogP contribution in [0, 0.1) is 0 Å². The first kappa shape index (κ1) is 34.9. The Bertz CT molecular complexity index is 2460. The Morgan fingerprint density at radius 3 is 1.30 bits per heavy atom. The Kier molecular flexibility index (Phi) is 9.90. The molecule has 56 heavy (non-hydrogen) atoms. The highest BCUT2D eigenvalue weighted by Gasteiger charge is 2.44. The van der Waals surface area contributed by atoms with Crippen LogP contribution in [0.3, 0.4) is 0 Å². The average Bonchev–Trinajstić information content (AvgIpc) is 3.83. The Morgan fingerprint density at radius 2 is 0.821 bits per heavy atom. The lowest BCUT2D eigenvalue weighted by molar-refractivity contribution is -0.476. The maximum atomic E-state index is 6.62. The number of nitrogens with zero attached hydrogens (tertiary/aromatic N) is 2. The highest BCUT2D eigenvalue weighted by atomic mass is 28.3. The summed E-state index contributed by atoms with van der Waals surface area (Å²) in [6.07, 6.45) is 13.0. The third kappa shape index (κ3) is 6.74. The van der Waals surface area contributed by atoms with Crippen molar-refractivity contribution in [2.24, 2.45) is 0 Å². The van der Waals surface area contributed by atoms with Crippen LogP contribution in [0.2, 0.25) is 0 Å². The summed E-state index contributed by atoms with van der Waals surface area (Å²) in [7, 11) is -2.64. The molecule has 3 aliphatic rings. The lowest BCUT2D eigenvalue weighted by atomic mass is 9.97. The van der Waals surface area contributed by atoms with Crippen molar-refractivity contribution < 1.29 is 18.6 Å². The smallest absolute Gasteiger partial charge is 0.292 e. The van der Waals surface area contributed by atoms with Crippen molar-refractivity contribution in [3.63, 3.8) is 0 Å². The molecule has 270 valence electrons. The molecule has 0 unspecified atom stereocenters.